The first-order chi connectivity index (χ1) is 15.3. The summed E-state index contributed by atoms with van der Waals surface area (Å²) in [5.74, 6) is 0. The van der Waals surface area contributed by atoms with Crippen LogP contribution in [0.1, 0.15) is 39.7 Å². The fourth-order valence-electron chi connectivity index (χ4n) is 4.30. The lowest BCUT2D eigenvalue weighted by atomic mass is 10.0. The number of carbonyl (C=O) groups is 1. The van der Waals surface area contributed by atoms with Crippen LogP contribution < -0.4 is 5.56 Å². The smallest absolute Gasteiger partial charge is 0.410 e. The van der Waals surface area contributed by atoms with Gasteiger partial charge in [0.15, 0.2) is 0 Å². The Kier molecular flexibility index (Phi) is 4.76. The van der Waals surface area contributed by atoms with Gasteiger partial charge in [-0.05, 0) is 51.8 Å². The van der Waals surface area contributed by atoms with Gasteiger partial charge in [0.1, 0.15) is 16.9 Å². The van der Waals surface area contributed by atoms with E-state index in [1.54, 1.807) is 38.8 Å². The quantitative estimate of drug-likeness (QED) is 0.483. The second kappa shape index (κ2) is 7.51. The highest BCUT2D eigenvalue weighted by atomic mass is 16.6. The van der Waals surface area contributed by atoms with Crippen molar-refractivity contribution < 1.29 is 9.53 Å². The van der Waals surface area contributed by atoms with Crippen molar-refractivity contribution in [2.24, 2.45) is 0 Å². The second-order valence-corrected chi connectivity index (χ2v) is 9.12. The van der Waals surface area contributed by atoms with Crippen LogP contribution in [0.3, 0.4) is 0 Å². The molecule has 3 aromatic heterocycles. The number of fused-ring (bicyclic) bond motifs is 3. The molecule has 4 heterocycles. The molecule has 5 rings (SSSR count). The van der Waals surface area contributed by atoms with Crippen molar-refractivity contribution in [1.29, 1.82) is 0 Å². The average molecular weight is 435 g/mol. The van der Waals surface area contributed by atoms with Gasteiger partial charge in [0.2, 0.25) is 0 Å². The maximum absolute atomic E-state index is 13.7. The number of benzene rings is 1. The molecule has 0 saturated carbocycles. The summed E-state index contributed by atoms with van der Waals surface area (Å²) in [6.45, 7) is 6.63. The van der Waals surface area contributed by atoms with Gasteiger partial charge in [0, 0.05) is 36.9 Å². The number of amides is 1. The Bertz CT molecular complexity index is 1340. The number of nitrogens with zero attached hydrogens (tertiary/aromatic N) is 6. The number of hydrogen-bond donors (Lipinski definition) is 0. The number of likely N-dealkylation sites (tertiary alicyclic amines) is 1. The number of carbonyl (C=O) groups excluding carboxylic acids is 1. The molecule has 32 heavy (non-hydrogen) atoms. The third-order valence-corrected chi connectivity index (χ3v) is 5.72. The molecule has 0 aliphatic carbocycles. The molecule has 1 aliphatic rings. The van der Waals surface area contributed by atoms with E-state index < -0.39 is 5.60 Å². The first-order valence-electron chi connectivity index (χ1n) is 10.8. The van der Waals surface area contributed by atoms with Gasteiger partial charge in [-0.1, -0.05) is 12.1 Å². The van der Waals surface area contributed by atoms with E-state index in [0.717, 1.165) is 16.6 Å². The molecule has 9 nitrogen and oxygen atoms in total. The minimum atomic E-state index is -0.536. The highest BCUT2D eigenvalue weighted by molar-refractivity contribution is 5.92. The third kappa shape index (κ3) is 3.53. The molecule has 1 amide bonds. The topological polar surface area (TPSA) is 86.7 Å². The van der Waals surface area contributed by atoms with E-state index in [1.807, 2.05) is 49.6 Å². The molecule has 0 atom stereocenters. The van der Waals surface area contributed by atoms with Crippen molar-refractivity contribution in [3.05, 3.63) is 59.3 Å². The maximum Gasteiger partial charge on any atom is 0.410 e. The van der Waals surface area contributed by atoms with Gasteiger partial charge in [-0.15, -0.1) is 0 Å². The lowest BCUT2D eigenvalue weighted by molar-refractivity contribution is 0.0188. The standard InChI is InChI=1S/C23H26N6O3/c1-23(2,3)32-22(31)26-13-9-16(10-14-26)29-20-17-7-4-5-8-18(17)25-28(20)15-19(21(29)30)27-12-6-11-24-27/h4-8,11-12,15-16H,9-10,13-14H2,1-3H3. The SMILES string of the molecule is CC(C)(C)OC(=O)N1CCC(n2c(=O)c(-n3cccn3)cn3nc4ccccc4c23)CC1. The zero-order chi connectivity index (χ0) is 22.5. The van der Waals surface area contributed by atoms with E-state index in [0.29, 0.717) is 31.6 Å². The van der Waals surface area contributed by atoms with Crippen LogP contribution >= 0.6 is 0 Å². The Hall–Kier alpha value is -3.62. The van der Waals surface area contributed by atoms with E-state index >= 15 is 0 Å². The number of rotatable bonds is 2. The van der Waals surface area contributed by atoms with E-state index in [-0.39, 0.29) is 17.7 Å². The van der Waals surface area contributed by atoms with E-state index in [1.165, 1.54) is 0 Å². The van der Waals surface area contributed by atoms with Crippen molar-refractivity contribution in [2.75, 3.05) is 13.1 Å². The largest absolute Gasteiger partial charge is 0.444 e. The minimum absolute atomic E-state index is 0.0701. The molecule has 1 aliphatic heterocycles. The predicted octanol–water partition coefficient (Wildman–Crippen LogP) is 3.41. The minimum Gasteiger partial charge on any atom is -0.444 e. The molecule has 9 heteroatoms. The molecule has 1 saturated heterocycles. The molecule has 0 N–H and O–H groups in total. The summed E-state index contributed by atoms with van der Waals surface area (Å²) in [5.41, 5.74) is 1.36. The Morgan fingerprint density at radius 1 is 1.12 bits per heavy atom. The van der Waals surface area contributed by atoms with Crippen LogP contribution in [0.4, 0.5) is 4.79 Å². The zero-order valence-corrected chi connectivity index (χ0v) is 18.4. The summed E-state index contributed by atoms with van der Waals surface area (Å²) < 4.78 is 10.7. The molecule has 0 unspecified atom stereocenters. The molecule has 1 fully saturated rings. The van der Waals surface area contributed by atoms with Gasteiger partial charge in [0.05, 0.1) is 11.7 Å². The summed E-state index contributed by atoms with van der Waals surface area (Å²) in [4.78, 5) is 27.9. The number of aromatic nitrogens is 5. The van der Waals surface area contributed by atoms with Crippen LogP contribution in [-0.4, -0.2) is 53.6 Å². The van der Waals surface area contributed by atoms with Crippen molar-refractivity contribution in [2.45, 2.75) is 45.3 Å². The first-order valence-corrected chi connectivity index (χ1v) is 10.8. The van der Waals surface area contributed by atoms with Crippen LogP contribution in [-0.2, 0) is 4.74 Å². The van der Waals surface area contributed by atoms with Gasteiger partial charge in [-0.2, -0.15) is 10.2 Å². The third-order valence-electron chi connectivity index (χ3n) is 5.72. The number of piperidine rings is 1. The summed E-state index contributed by atoms with van der Waals surface area (Å²) >= 11 is 0. The van der Waals surface area contributed by atoms with Gasteiger partial charge in [-0.25, -0.2) is 14.0 Å². The summed E-state index contributed by atoms with van der Waals surface area (Å²) in [5, 5.41) is 9.88. The fourth-order valence-corrected chi connectivity index (χ4v) is 4.30. The lowest BCUT2D eigenvalue weighted by Crippen LogP contribution is -2.43. The van der Waals surface area contributed by atoms with Crippen molar-refractivity contribution in [3.63, 3.8) is 0 Å². The highest BCUT2D eigenvalue weighted by Gasteiger charge is 2.30. The monoisotopic (exact) mass is 434 g/mol. The van der Waals surface area contributed by atoms with E-state index in [4.69, 9.17) is 9.84 Å². The van der Waals surface area contributed by atoms with Gasteiger partial charge in [0.25, 0.3) is 5.56 Å². The molecular formula is C23H26N6O3. The van der Waals surface area contributed by atoms with Crippen molar-refractivity contribution >= 4 is 22.6 Å². The molecule has 0 spiro atoms. The molecule has 4 aromatic rings. The van der Waals surface area contributed by atoms with Crippen LogP contribution in [0.5, 0.6) is 0 Å². The zero-order valence-electron chi connectivity index (χ0n) is 18.4. The van der Waals surface area contributed by atoms with Gasteiger partial charge in [-0.3, -0.25) is 9.36 Å². The summed E-state index contributed by atoms with van der Waals surface area (Å²) in [6.07, 6.45) is 6.12. The van der Waals surface area contributed by atoms with Gasteiger partial charge < -0.3 is 9.64 Å². The molecule has 0 bridgehead atoms. The predicted molar refractivity (Wildman–Crippen MR) is 120 cm³/mol. The molecular weight excluding hydrogens is 408 g/mol. The van der Waals surface area contributed by atoms with Crippen LogP contribution in [0.25, 0.3) is 22.2 Å². The highest BCUT2D eigenvalue weighted by Crippen LogP contribution is 2.28. The number of hydrogen-bond acceptors (Lipinski definition) is 5. The molecule has 0 radical (unpaired) electrons. The van der Waals surface area contributed by atoms with Crippen LogP contribution in [0, 0.1) is 0 Å². The summed E-state index contributed by atoms with van der Waals surface area (Å²) in [7, 11) is 0. The normalized spacial score (nSPS) is 15.5. The Morgan fingerprint density at radius 3 is 2.56 bits per heavy atom. The maximum atomic E-state index is 13.7. The lowest BCUT2D eigenvalue weighted by Gasteiger charge is -2.34. The summed E-state index contributed by atoms with van der Waals surface area (Å²) in [6, 6.07) is 9.52. The Morgan fingerprint density at radius 2 is 1.88 bits per heavy atom. The van der Waals surface area contributed by atoms with Crippen molar-refractivity contribution in [1.82, 2.24) is 28.9 Å². The van der Waals surface area contributed by atoms with E-state index in [2.05, 4.69) is 5.10 Å². The van der Waals surface area contributed by atoms with Gasteiger partial charge >= 0.3 is 6.09 Å². The Labute approximate surface area is 184 Å². The first kappa shape index (κ1) is 20.3. The van der Waals surface area contributed by atoms with E-state index in [9.17, 15) is 9.59 Å². The fraction of sp³-hybridized carbons (Fsp3) is 0.391. The van der Waals surface area contributed by atoms with Crippen molar-refractivity contribution in [3.8, 4) is 5.69 Å². The van der Waals surface area contributed by atoms with Crippen LogP contribution in [0.15, 0.2) is 53.7 Å². The molecule has 166 valence electrons. The molecule has 1 aromatic carbocycles. The number of ether oxygens (including phenoxy) is 1. The second-order valence-electron chi connectivity index (χ2n) is 9.12. The van der Waals surface area contributed by atoms with Crippen LogP contribution in [0.2, 0.25) is 0 Å². The Balaban J connectivity index is 1.57. The average Bonchev–Trinajstić information content (AvgIpc) is 3.40.